The number of benzene rings is 1. The van der Waals surface area contributed by atoms with E-state index >= 15 is 0 Å². The molecule has 0 saturated heterocycles. The standard InChI is InChI=1S/C14H10FNO4S/c15-10-11-7(3-9-13(10)21-5-20-9)12(17)8(14(18)19)4-16(11)6-1-2-6/h3-4,6H,1-2,5H2,(H,18,19). The van der Waals surface area contributed by atoms with E-state index in [9.17, 15) is 19.1 Å². The van der Waals surface area contributed by atoms with E-state index in [0.717, 1.165) is 12.8 Å². The Balaban J connectivity index is 2.17. The van der Waals surface area contributed by atoms with Gasteiger partial charge in [-0.05, 0) is 18.9 Å². The largest absolute Gasteiger partial charge is 0.481 e. The predicted octanol–water partition coefficient (Wildman–Crippen LogP) is 2.62. The summed E-state index contributed by atoms with van der Waals surface area (Å²) in [4.78, 5) is 23.9. The van der Waals surface area contributed by atoms with Crippen LogP contribution < -0.4 is 10.2 Å². The van der Waals surface area contributed by atoms with Crippen molar-refractivity contribution in [3.05, 3.63) is 33.9 Å². The molecule has 2 aromatic rings. The van der Waals surface area contributed by atoms with Crippen molar-refractivity contribution in [2.75, 3.05) is 5.94 Å². The lowest BCUT2D eigenvalue weighted by molar-refractivity contribution is 0.0695. The minimum Gasteiger partial charge on any atom is -0.481 e. The zero-order valence-corrected chi connectivity index (χ0v) is 11.6. The Labute approximate surface area is 122 Å². The molecule has 108 valence electrons. The minimum absolute atomic E-state index is 0.0612. The third-order valence-electron chi connectivity index (χ3n) is 3.77. The molecule has 0 spiro atoms. The van der Waals surface area contributed by atoms with Crippen LogP contribution in [0.2, 0.25) is 0 Å². The van der Waals surface area contributed by atoms with E-state index in [0.29, 0.717) is 16.6 Å². The number of carboxylic acids is 1. The Kier molecular flexibility index (Phi) is 2.56. The molecule has 0 radical (unpaired) electrons. The highest BCUT2D eigenvalue weighted by Gasteiger charge is 2.31. The molecule has 2 aliphatic rings. The topological polar surface area (TPSA) is 68.5 Å². The second kappa shape index (κ2) is 4.24. The number of ether oxygens (including phenoxy) is 1. The van der Waals surface area contributed by atoms with E-state index in [2.05, 4.69) is 0 Å². The molecule has 1 aliphatic carbocycles. The van der Waals surface area contributed by atoms with Crippen molar-refractivity contribution in [2.24, 2.45) is 0 Å². The van der Waals surface area contributed by atoms with Gasteiger partial charge in [-0.25, -0.2) is 9.18 Å². The maximum Gasteiger partial charge on any atom is 0.341 e. The van der Waals surface area contributed by atoms with Crippen molar-refractivity contribution < 1.29 is 19.0 Å². The Morgan fingerprint density at radius 2 is 2.24 bits per heavy atom. The van der Waals surface area contributed by atoms with Gasteiger partial charge in [-0.2, -0.15) is 0 Å². The minimum atomic E-state index is -1.30. The van der Waals surface area contributed by atoms with E-state index in [-0.39, 0.29) is 22.5 Å². The van der Waals surface area contributed by atoms with E-state index in [4.69, 9.17) is 4.74 Å². The lowest BCUT2D eigenvalue weighted by Gasteiger charge is -2.13. The molecule has 7 heteroatoms. The molecule has 1 aromatic heterocycles. The first-order chi connectivity index (χ1) is 10.1. The summed E-state index contributed by atoms with van der Waals surface area (Å²) in [5.74, 6) is -1.18. The molecule has 1 aromatic carbocycles. The molecular formula is C14H10FNO4S. The van der Waals surface area contributed by atoms with Crippen LogP contribution in [0.15, 0.2) is 22.0 Å². The first-order valence-electron chi connectivity index (χ1n) is 6.48. The average molecular weight is 307 g/mol. The molecule has 1 aliphatic heterocycles. The summed E-state index contributed by atoms with van der Waals surface area (Å²) < 4.78 is 21.6. The zero-order chi connectivity index (χ0) is 14.7. The van der Waals surface area contributed by atoms with Crippen molar-refractivity contribution in [3.8, 4) is 5.75 Å². The van der Waals surface area contributed by atoms with Crippen molar-refractivity contribution >= 4 is 28.6 Å². The fourth-order valence-corrected chi connectivity index (χ4v) is 3.41. The van der Waals surface area contributed by atoms with Crippen LogP contribution in [-0.2, 0) is 0 Å². The smallest absolute Gasteiger partial charge is 0.341 e. The maximum absolute atomic E-state index is 14.7. The van der Waals surface area contributed by atoms with Crippen LogP contribution >= 0.6 is 11.8 Å². The van der Waals surface area contributed by atoms with Gasteiger partial charge in [-0.3, -0.25) is 4.79 Å². The maximum atomic E-state index is 14.7. The lowest BCUT2D eigenvalue weighted by atomic mass is 10.1. The van der Waals surface area contributed by atoms with Crippen LogP contribution in [-0.4, -0.2) is 21.6 Å². The number of thioether (sulfide) groups is 1. The first-order valence-corrected chi connectivity index (χ1v) is 7.46. The Morgan fingerprint density at radius 3 is 2.90 bits per heavy atom. The summed E-state index contributed by atoms with van der Waals surface area (Å²) in [5, 5.41) is 9.24. The highest BCUT2D eigenvalue weighted by atomic mass is 32.2. The summed E-state index contributed by atoms with van der Waals surface area (Å²) in [7, 11) is 0. The number of carbonyl (C=O) groups is 1. The fourth-order valence-electron chi connectivity index (χ4n) is 2.62. The van der Waals surface area contributed by atoms with Crippen LogP contribution in [0.5, 0.6) is 5.75 Å². The van der Waals surface area contributed by atoms with Crippen molar-refractivity contribution in [2.45, 2.75) is 23.8 Å². The van der Waals surface area contributed by atoms with Gasteiger partial charge in [0.05, 0.1) is 15.8 Å². The molecule has 1 N–H and O–H groups in total. The molecule has 5 nitrogen and oxygen atoms in total. The number of aromatic carboxylic acids is 1. The van der Waals surface area contributed by atoms with Crippen molar-refractivity contribution in [1.82, 2.24) is 4.57 Å². The van der Waals surface area contributed by atoms with E-state index in [1.165, 1.54) is 24.0 Å². The predicted molar refractivity (Wildman–Crippen MR) is 74.7 cm³/mol. The third kappa shape index (κ3) is 1.77. The molecule has 21 heavy (non-hydrogen) atoms. The van der Waals surface area contributed by atoms with Crippen LogP contribution in [0.3, 0.4) is 0 Å². The van der Waals surface area contributed by atoms with Gasteiger partial charge in [0, 0.05) is 12.2 Å². The average Bonchev–Trinajstić information content (AvgIpc) is 3.17. The zero-order valence-electron chi connectivity index (χ0n) is 10.8. The van der Waals surface area contributed by atoms with Gasteiger partial charge in [0.2, 0.25) is 5.43 Å². The molecule has 2 heterocycles. The van der Waals surface area contributed by atoms with Crippen LogP contribution in [0.4, 0.5) is 4.39 Å². The van der Waals surface area contributed by atoms with Gasteiger partial charge in [0.25, 0.3) is 0 Å². The number of carboxylic acid groups (broad SMARTS) is 1. The number of hydrogen-bond donors (Lipinski definition) is 1. The summed E-state index contributed by atoms with van der Waals surface area (Å²) in [6, 6.07) is 1.52. The van der Waals surface area contributed by atoms with Crippen molar-refractivity contribution in [1.29, 1.82) is 0 Å². The lowest BCUT2D eigenvalue weighted by Crippen LogP contribution is -2.19. The van der Waals surface area contributed by atoms with Crippen LogP contribution in [0.1, 0.15) is 29.2 Å². The number of rotatable bonds is 2. The highest BCUT2D eigenvalue weighted by molar-refractivity contribution is 7.99. The van der Waals surface area contributed by atoms with Crippen LogP contribution in [0, 0.1) is 5.82 Å². The fraction of sp³-hybridized carbons (Fsp3) is 0.286. The summed E-state index contributed by atoms with van der Waals surface area (Å²) >= 11 is 1.24. The molecule has 0 amide bonds. The van der Waals surface area contributed by atoms with E-state index < -0.39 is 17.2 Å². The molecule has 1 fully saturated rings. The summed E-state index contributed by atoms with van der Waals surface area (Å²) in [5.41, 5.74) is -0.819. The molecule has 4 rings (SSSR count). The number of pyridine rings is 1. The van der Waals surface area contributed by atoms with Crippen LogP contribution in [0.25, 0.3) is 10.9 Å². The third-order valence-corrected chi connectivity index (χ3v) is 4.67. The Hall–Kier alpha value is -2.02. The molecule has 0 bridgehead atoms. The molecule has 1 saturated carbocycles. The summed E-state index contributed by atoms with van der Waals surface area (Å²) in [6.45, 7) is 0. The normalized spacial score (nSPS) is 16.8. The molecular weight excluding hydrogens is 297 g/mol. The van der Waals surface area contributed by atoms with Gasteiger partial charge >= 0.3 is 5.97 Å². The van der Waals surface area contributed by atoms with Gasteiger partial charge < -0.3 is 14.4 Å². The van der Waals surface area contributed by atoms with Gasteiger partial charge in [-0.1, -0.05) is 11.8 Å². The second-order valence-corrected chi connectivity index (χ2v) is 6.07. The van der Waals surface area contributed by atoms with Gasteiger partial charge in [0.15, 0.2) is 5.82 Å². The quantitative estimate of drug-likeness (QED) is 0.923. The second-order valence-electron chi connectivity index (χ2n) is 5.14. The number of nitrogens with zero attached hydrogens (tertiary/aromatic N) is 1. The van der Waals surface area contributed by atoms with E-state index in [1.807, 2.05) is 0 Å². The summed E-state index contributed by atoms with van der Waals surface area (Å²) in [6.07, 6.45) is 2.98. The molecule has 0 unspecified atom stereocenters. The Morgan fingerprint density at radius 1 is 1.48 bits per heavy atom. The number of halogens is 1. The highest BCUT2D eigenvalue weighted by Crippen LogP contribution is 2.44. The van der Waals surface area contributed by atoms with E-state index in [1.54, 1.807) is 4.57 Å². The SMILES string of the molecule is O=C(O)c1cn(C2CC2)c2c(F)c3c(cc2c1=O)OCS3. The number of aromatic nitrogens is 1. The number of hydrogen-bond acceptors (Lipinski definition) is 4. The van der Waals surface area contributed by atoms with Gasteiger partial charge in [0.1, 0.15) is 17.3 Å². The Bertz CT molecular complexity index is 856. The van der Waals surface area contributed by atoms with Crippen molar-refractivity contribution in [3.63, 3.8) is 0 Å². The molecule has 0 atom stereocenters. The first kappa shape index (κ1) is 12.7. The monoisotopic (exact) mass is 307 g/mol. The van der Waals surface area contributed by atoms with Gasteiger partial charge in [-0.15, -0.1) is 0 Å². The number of fused-ring (bicyclic) bond motifs is 2.